The molecule has 0 aliphatic rings. The molecule has 3 atom stereocenters. The number of halogens is 1. The van der Waals surface area contributed by atoms with Crippen molar-refractivity contribution in [2.75, 3.05) is 5.32 Å². The highest BCUT2D eigenvalue weighted by Crippen LogP contribution is 2.29. The Morgan fingerprint density at radius 3 is 2.45 bits per heavy atom. The van der Waals surface area contributed by atoms with Crippen molar-refractivity contribution in [1.29, 1.82) is 0 Å². The zero-order chi connectivity index (χ0) is 22.1. The van der Waals surface area contributed by atoms with Crippen LogP contribution in [0.2, 0.25) is 0 Å². The topological polar surface area (TPSA) is 60.5 Å². The maximum absolute atomic E-state index is 12.9. The highest BCUT2D eigenvalue weighted by molar-refractivity contribution is 6.20. The quantitative estimate of drug-likeness (QED) is 0.301. The maximum Gasteiger partial charge on any atom is 0.259 e. The van der Waals surface area contributed by atoms with E-state index in [0.717, 1.165) is 18.4 Å². The zero-order valence-electron chi connectivity index (χ0n) is 17.7. The van der Waals surface area contributed by atoms with E-state index in [1.54, 1.807) is 42.7 Å². The molecule has 0 bridgehead atoms. The van der Waals surface area contributed by atoms with Crippen molar-refractivity contribution in [3.05, 3.63) is 90.3 Å². The fourth-order valence-corrected chi connectivity index (χ4v) is 3.16. The molecule has 0 saturated heterocycles. The van der Waals surface area contributed by atoms with Crippen LogP contribution in [0.1, 0.15) is 48.9 Å². The molecule has 0 aliphatic heterocycles. The molecule has 5 nitrogen and oxygen atoms in total. The van der Waals surface area contributed by atoms with Gasteiger partial charge in [0.15, 0.2) is 0 Å². The molecule has 1 aromatic heterocycles. The number of para-hydroxylation sites is 1. The summed E-state index contributed by atoms with van der Waals surface area (Å²) in [6.07, 6.45) is 4.17. The van der Waals surface area contributed by atoms with Crippen LogP contribution in [0.15, 0.2) is 79.1 Å². The summed E-state index contributed by atoms with van der Waals surface area (Å²) in [6.45, 7) is 3.97. The summed E-state index contributed by atoms with van der Waals surface area (Å²) in [4.78, 5) is 16.9. The minimum atomic E-state index is -0.658. The number of carbonyl (C=O) groups is 1. The second-order valence-corrected chi connectivity index (χ2v) is 8.10. The fraction of sp³-hybridized carbons (Fsp3) is 0.280. The lowest BCUT2D eigenvalue weighted by molar-refractivity contribution is -0.119. The van der Waals surface area contributed by atoms with E-state index in [9.17, 15) is 4.79 Å². The Labute approximate surface area is 188 Å². The first-order valence-corrected chi connectivity index (χ1v) is 10.8. The summed E-state index contributed by atoms with van der Waals surface area (Å²) in [7, 11) is 0. The molecule has 1 heterocycles. The van der Waals surface area contributed by atoms with Crippen LogP contribution in [0.3, 0.4) is 0 Å². The summed E-state index contributed by atoms with van der Waals surface area (Å²) in [5.74, 6) is 0.162. The molecule has 1 N–H and O–H groups in total. The van der Waals surface area contributed by atoms with E-state index in [2.05, 4.69) is 10.3 Å². The maximum atomic E-state index is 12.9. The number of nitrogens with zero attached hydrogens (tertiary/aromatic N) is 1. The van der Waals surface area contributed by atoms with Gasteiger partial charge >= 0.3 is 0 Å². The van der Waals surface area contributed by atoms with Gasteiger partial charge in [-0.05, 0) is 51.0 Å². The molecular formula is C25H27ClN2O3. The van der Waals surface area contributed by atoms with E-state index >= 15 is 0 Å². The predicted molar refractivity (Wildman–Crippen MR) is 124 cm³/mol. The molecule has 162 valence electrons. The molecule has 2 aromatic carbocycles. The van der Waals surface area contributed by atoms with Crippen LogP contribution in [0, 0.1) is 0 Å². The van der Waals surface area contributed by atoms with Crippen LogP contribution >= 0.6 is 11.6 Å². The monoisotopic (exact) mass is 438 g/mol. The molecular weight excluding hydrogens is 412 g/mol. The highest BCUT2D eigenvalue weighted by atomic mass is 35.5. The van der Waals surface area contributed by atoms with Crippen LogP contribution < -0.4 is 10.1 Å². The van der Waals surface area contributed by atoms with Gasteiger partial charge in [0.2, 0.25) is 6.29 Å². The van der Waals surface area contributed by atoms with E-state index in [0.29, 0.717) is 17.0 Å². The number of benzene rings is 2. The Balaban J connectivity index is 1.80. The van der Waals surface area contributed by atoms with Crippen molar-refractivity contribution in [2.45, 2.75) is 44.5 Å². The summed E-state index contributed by atoms with van der Waals surface area (Å²) in [5.41, 5.74) is 1.90. The average Bonchev–Trinajstić information content (AvgIpc) is 2.79. The molecule has 31 heavy (non-hydrogen) atoms. The number of aromatic nitrogens is 1. The van der Waals surface area contributed by atoms with Gasteiger partial charge in [-0.1, -0.05) is 42.5 Å². The molecule has 3 rings (SSSR count). The third-order valence-electron chi connectivity index (χ3n) is 4.68. The third-order valence-corrected chi connectivity index (χ3v) is 4.90. The number of rotatable bonds is 10. The van der Waals surface area contributed by atoms with Gasteiger partial charge in [-0.3, -0.25) is 9.78 Å². The van der Waals surface area contributed by atoms with Gasteiger partial charge in [0.25, 0.3) is 5.91 Å². The van der Waals surface area contributed by atoms with E-state index in [4.69, 9.17) is 21.1 Å². The normalized spacial score (nSPS) is 13.8. The van der Waals surface area contributed by atoms with Crippen molar-refractivity contribution < 1.29 is 14.3 Å². The lowest BCUT2D eigenvalue weighted by atomic mass is 10.1. The van der Waals surface area contributed by atoms with Crippen LogP contribution in [-0.4, -0.2) is 22.4 Å². The van der Waals surface area contributed by atoms with Crippen LogP contribution in [-0.2, 0) is 4.74 Å². The summed E-state index contributed by atoms with van der Waals surface area (Å²) < 4.78 is 12.5. The lowest BCUT2D eigenvalue weighted by Gasteiger charge is -2.25. The summed E-state index contributed by atoms with van der Waals surface area (Å²) >= 11 is 6.09. The Morgan fingerprint density at radius 1 is 1.00 bits per heavy atom. The summed E-state index contributed by atoms with van der Waals surface area (Å²) in [6, 6.07) is 20.4. The number of hydrogen-bond acceptors (Lipinski definition) is 4. The van der Waals surface area contributed by atoms with Crippen molar-refractivity contribution in [1.82, 2.24) is 4.98 Å². The number of alkyl halides is 1. The van der Waals surface area contributed by atoms with Gasteiger partial charge in [0, 0.05) is 17.1 Å². The largest absolute Gasteiger partial charge is 0.460 e. The minimum absolute atomic E-state index is 0.0669. The number of ether oxygens (including phenoxy) is 2. The second kappa shape index (κ2) is 11.5. The third kappa shape index (κ3) is 7.09. The van der Waals surface area contributed by atoms with Gasteiger partial charge < -0.3 is 14.8 Å². The molecule has 0 saturated carbocycles. The molecule has 1 amide bonds. The van der Waals surface area contributed by atoms with E-state index in [1.165, 1.54) is 0 Å². The Hall–Kier alpha value is -2.89. The van der Waals surface area contributed by atoms with Gasteiger partial charge in [-0.25, -0.2) is 0 Å². The lowest BCUT2D eigenvalue weighted by Crippen LogP contribution is -2.21. The van der Waals surface area contributed by atoms with Gasteiger partial charge in [0.1, 0.15) is 5.75 Å². The Morgan fingerprint density at radius 2 is 1.74 bits per heavy atom. The fourth-order valence-electron chi connectivity index (χ4n) is 3.04. The van der Waals surface area contributed by atoms with Gasteiger partial charge in [0.05, 0.1) is 23.6 Å². The molecule has 0 radical (unpaired) electrons. The Kier molecular flexibility index (Phi) is 8.44. The van der Waals surface area contributed by atoms with E-state index in [1.807, 2.05) is 50.2 Å². The van der Waals surface area contributed by atoms with E-state index in [-0.39, 0.29) is 17.4 Å². The Bertz CT molecular complexity index is 951. The SMILES string of the molecule is CC(Cl)CCC(C)OC(Oc1ccccc1C(=O)Nc1cccnc1)c1ccccc1. The van der Waals surface area contributed by atoms with Crippen LogP contribution in [0.5, 0.6) is 5.75 Å². The standard InChI is InChI=1S/C25H27ClN2O3/c1-18(26)14-15-19(2)30-25(20-9-4-3-5-10-20)31-23-13-7-6-12-22(23)24(29)28-21-11-8-16-27-17-21/h3-13,16-19,25H,14-15H2,1-2H3,(H,28,29). The smallest absolute Gasteiger partial charge is 0.259 e. The number of hydrogen-bond donors (Lipinski definition) is 1. The first kappa shape index (κ1) is 22.8. The second-order valence-electron chi connectivity index (χ2n) is 7.36. The van der Waals surface area contributed by atoms with Gasteiger partial charge in [-0.15, -0.1) is 11.6 Å². The van der Waals surface area contributed by atoms with Crippen LogP contribution in [0.25, 0.3) is 0 Å². The molecule has 3 aromatic rings. The van der Waals surface area contributed by atoms with E-state index < -0.39 is 6.29 Å². The molecule has 0 aliphatic carbocycles. The van der Waals surface area contributed by atoms with Crippen molar-refractivity contribution in [3.63, 3.8) is 0 Å². The zero-order valence-corrected chi connectivity index (χ0v) is 18.5. The minimum Gasteiger partial charge on any atom is -0.460 e. The first-order valence-electron chi connectivity index (χ1n) is 10.3. The molecule has 0 spiro atoms. The van der Waals surface area contributed by atoms with Crippen molar-refractivity contribution >= 4 is 23.2 Å². The highest BCUT2D eigenvalue weighted by Gasteiger charge is 2.21. The molecule has 6 heteroatoms. The predicted octanol–water partition coefficient (Wildman–Crippen LogP) is 6.22. The number of nitrogens with one attached hydrogen (secondary N) is 1. The van der Waals surface area contributed by atoms with Crippen LogP contribution in [0.4, 0.5) is 5.69 Å². The van der Waals surface area contributed by atoms with Gasteiger partial charge in [-0.2, -0.15) is 0 Å². The number of carbonyl (C=O) groups excluding carboxylic acids is 1. The first-order chi connectivity index (χ1) is 15.0. The average molecular weight is 439 g/mol. The molecule has 0 fully saturated rings. The number of amides is 1. The van der Waals surface area contributed by atoms with Crippen molar-refractivity contribution in [2.24, 2.45) is 0 Å². The van der Waals surface area contributed by atoms with Crippen molar-refractivity contribution in [3.8, 4) is 5.75 Å². The number of anilines is 1. The molecule has 3 unspecified atom stereocenters. The number of pyridine rings is 1. The summed E-state index contributed by atoms with van der Waals surface area (Å²) in [5, 5.41) is 2.93.